The lowest BCUT2D eigenvalue weighted by atomic mass is 10.1. The van der Waals surface area contributed by atoms with Crippen LogP contribution in [0.4, 0.5) is 0 Å². The number of esters is 1. The summed E-state index contributed by atoms with van der Waals surface area (Å²) >= 11 is 1.60. The van der Waals surface area contributed by atoms with Crippen LogP contribution in [0.1, 0.15) is 22.8 Å². The molecule has 144 valence electrons. The zero-order valence-electron chi connectivity index (χ0n) is 15.5. The lowest BCUT2D eigenvalue weighted by Crippen LogP contribution is -2.01. The van der Waals surface area contributed by atoms with Crippen LogP contribution in [0.3, 0.4) is 0 Å². The number of thioether (sulfide) groups is 1. The highest BCUT2D eigenvalue weighted by Crippen LogP contribution is 2.36. The Bertz CT molecular complexity index is 1000. The van der Waals surface area contributed by atoms with Gasteiger partial charge in [-0.3, -0.25) is 0 Å². The highest BCUT2D eigenvalue weighted by molar-refractivity contribution is 7.98. The van der Waals surface area contributed by atoms with Crippen molar-refractivity contribution in [3.05, 3.63) is 53.6 Å². The number of fused-ring (bicyclic) bond motifs is 1. The van der Waals surface area contributed by atoms with E-state index in [1.807, 2.05) is 30.3 Å². The number of ether oxygens (including phenoxy) is 3. The molecule has 0 unspecified atom stereocenters. The number of carbonyl (C=O) groups is 1. The second-order valence-corrected chi connectivity index (χ2v) is 7.04. The maximum atomic E-state index is 11.5. The molecule has 0 spiro atoms. The molecule has 0 atom stereocenters. The first kappa shape index (κ1) is 18.4. The molecule has 1 aliphatic heterocycles. The molecule has 0 amide bonds. The standard InChI is InChI=1S/C20H19N3O4S/c1-3-23-18(15-8-9-16-17(10-15)27-12-26-16)21-22-20(23)28-11-13-4-6-14(7-5-13)19(24)25-2/h4-10H,3,11-12H2,1-2H3. The summed E-state index contributed by atoms with van der Waals surface area (Å²) in [5.74, 6) is 2.66. The van der Waals surface area contributed by atoms with Crippen molar-refractivity contribution in [1.29, 1.82) is 0 Å². The van der Waals surface area contributed by atoms with Gasteiger partial charge in [-0.05, 0) is 42.8 Å². The second-order valence-electron chi connectivity index (χ2n) is 6.10. The van der Waals surface area contributed by atoms with Gasteiger partial charge >= 0.3 is 5.97 Å². The lowest BCUT2D eigenvalue weighted by molar-refractivity contribution is 0.0600. The molecule has 8 heteroatoms. The smallest absolute Gasteiger partial charge is 0.337 e. The molecule has 28 heavy (non-hydrogen) atoms. The fourth-order valence-corrected chi connectivity index (χ4v) is 3.89. The van der Waals surface area contributed by atoms with Gasteiger partial charge < -0.3 is 18.8 Å². The monoisotopic (exact) mass is 397 g/mol. The van der Waals surface area contributed by atoms with Crippen molar-refractivity contribution < 1.29 is 19.0 Å². The van der Waals surface area contributed by atoms with Gasteiger partial charge in [0.2, 0.25) is 6.79 Å². The van der Waals surface area contributed by atoms with Gasteiger partial charge in [-0.2, -0.15) is 0 Å². The van der Waals surface area contributed by atoms with Crippen molar-refractivity contribution in [3.8, 4) is 22.9 Å². The van der Waals surface area contributed by atoms with E-state index < -0.39 is 0 Å². The molecular formula is C20H19N3O4S. The number of hydrogen-bond donors (Lipinski definition) is 0. The summed E-state index contributed by atoms with van der Waals surface area (Å²) in [5, 5.41) is 9.58. The minimum absolute atomic E-state index is 0.245. The number of benzene rings is 2. The number of nitrogens with zero attached hydrogens (tertiary/aromatic N) is 3. The molecule has 0 N–H and O–H groups in total. The predicted octanol–water partition coefficient (Wildman–Crippen LogP) is 3.77. The van der Waals surface area contributed by atoms with Gasteiger partial charge in [0.25, 0.3) is 0 Å². The quantitative estimate of drug-likeness (QED) is 0.463. The Hall–Kier alpha value is -3.00. The average molecular weight is 397 g/mol. The Balaban J connectivity index is 1.51. The van der Waals surface area contributed by atoms with Crippen molar-refractivity contribution >= 4 is 17.7 Å². The Morgan fingerprint density at radius 2 is 1.93 bits per heavy atom. The molecule has 2 aromatic carbocycles. The van der Waals surface area contributed by atoms with Crippen LogP contribution >= 0.6 is 11.8 Å². The molecule has 0 saturated heterocycles. The number of methoxy groups -OCH3 is 1. The van der Waals surface area contributed by atoms with E-state index in [0.717, 1.165) is 45.9 Å². The topological polar surface area (TPSA) is 75.5 Å². The molecule has 3 aromatic rings. The third kappa shape index (κ3) is 3.55. The number of carbonyl (C=O) groups excluding carboxylic acids is 1. The normalized spacial score (nSPS) is 12.2. The summed E-state index contributed by atoms with van der Waals surface area (Å²) in [5.41, 5.74) is 2.57. The van der Waals surface area contributed by atoms with Crippen LogP contribution in [0, 0.1) is 0 Å². The van der Waals surface area contributed by atoms with Gasteiger partial charge in [0.05, 0.1) is 12.7 Å². The maximum absolute atomic E-state index is 11.5. The zero-order chi connectivity index (χ0) is 19.5. The van der Waals surface area contributed by atoms with E-state index in [1.165, 1.54) is 7.11 Å². The average Bonchev–Trinajstić information content (AvgIpc) is 3.37. The highest BCUT2D eigenvalue weighted by Gasteiger charge is 2.18. The first-order valence-electron chi connectivity index (χ1n) is 8.83. The number of aromatic nitrogens is 3. The molecule has 0 fully saturated rings. The summed E-state index contributed by atoms with van der Waals surface area (Å²) in [6.45, 7) is 3.06. The third-order valence-electron chi connectivity index (χ3n) is 4.41. The minimum Gasteiger partial charge on any atom is -0.465 e. The van der Waals surface area contributed by atoms with Crippen LogP contribution in [0.25, 0.3) is 11.4 Å². The van der Waals surface area contributed by atoms with Gasteiger partial charge in [-0.15, -0.1) is 10.2 Å². The molecule has 0 bridgehead atoms. The number of hydrogen-bond acceptors (Lipinski definition) is 7. The molecule has 2 heterocycles. The Morgan fingerprint density at radius 1 is 1.14 bits per heavy atom. The van der Waals surface area contributed by atoms with E-state index in [9.17, 15) is 4.79 Å². The van der Waals surface area contributed by atoms with E-state index in [2.05, 4.69) is 21.7 Å². The van der Waals surface area contributed by atoms with Crippen LogP contribution in [0.15, 0.2) is 47.6 Å². The maximum Gasteiger partial charge on any atom is 0.337 e. The molecule has 0 saturated carbocycles. The van der Waals surface area contributed by atoms with E-state index >= 15 is 0 Å². The van der Waals surface area contributed by atoms with Crippen LogP contribution in [0.5, 0.6) is 11.5 Å². The SMILES string of the molecule is CCn1c(SCc2ccc(C(=O)OC)cc2)nnc1-c1ccc2c(c1)OCO2. The summed E-state index contributed by atoms with van der Waals surface area (Å²) in [6.07, 6.45) is 0. The second kappa shape index (κ2) is 7.93. The molecule has 1 aromatic heterocycles. The molecule has 4 rings (SSSR count). The Kier molecular flexibility index (Phi) is 5.21. The van der Waals surface area contributed by atoms with Crippen LogP contribution in [-0.4, -0.2) is 34.6 Å². The van der Waals surface area contributed by atoms with E-state index in [-0.39, 0.29) is 12.8 Å². The van der Waals surface area contributed by atoms with Crippen molar-refractivity contribution in [1.82, 2.24) is 14.8 Å². The number of rotatable bonds is 6. The first-order chi connectivity index (χ1) is 13.7. The summed E-state index contributed by atoms with van der Waals surface area (Å²) in [4.78, 5) is 11.5. The molecular weight excluding hydrogens is 378 g/mol. The van der Waals surface area contributed by atoms with Crippen molar-refractivity contribution in [2.45, 2.75) is 24.4 Å². The fourth-order valence-electron chi connectivity index (χ4n) is 2.93. The molecule has 7 nitrogen and oxygen atoms in total. The van der Waals surface area contributed by atoms with Gasteiger partial charge in [-0.25, -0.2) is 4.79 Å². The van der Waals surface area contributed by atoms with Gasteiger partial charge in [0.1, 0.15) is 0 Å². The van der Waals surface area contributed by atoms with Crippen LogP contribution in [0.2, 0.25) is 0 Å². The Labute approximate surface area is 166 Å². The Morgan fingerprint density at radius 3 is 2.68 bits per heavy atom. The van der Waals surface area contributed by atoms with Crippen LogP contribution < -0.4 is 9.47 Å². The van der Waals surface area contributed by atoms with Crippen molar-refractivity contribution in [2.75, 3.05) is 13.9 Å². The van der Waals surface area contributed by atoms with Crippen molar-refractivity contribution in [2.24, 2.45) is 0 Å². The van der Waals surface area contributed by atoms with Crippen LogP contribution in [-0.2, 0) is 17.0 Å². The molecule has 1 aliphatic rings. The summed E-state index contributed by atoms with van der Waals surface area (Å²) in [7, 11) is 1.38. The molecule has 0 aliphatic carbocycles. The fraction of sp³-hybridized carbons (Fsp3) is 0.250. The lowest BCUT2D eigenvalue weighted by Gasteiger charge is -2.08. The van der Waals surface area contributed by atoms with Gasteiger partial charge in [0, 0.05) is 17.9 Å². The summed E-state index contributed by atoms with van der Waals surface area (Å²) < 4.78 is 17.6. The summed E-state index contributed by atoms with van der Waals surface area (Å²) in [6, 6.07) is 13.2. The largest absolute Gasteiger partial charge is 0.465 e. The van der Waals surface area contributed by atoms with E-state index in [1.54, 1.807) is 23.9 Å². The highest BCUT2D eigenvalue weighted by atomic mass is 32.2. The molecule has 0 radical (unpaired) electrons. The zero-order valence-corrected chi connectivity index (χ0v) is 16.4. The van der Waals surface area contributed by atoms with Gasteiger partial charge in [-0.1, -0.05) is 23.9 Å². The van der Waals surface area contributed by atoms with Gasteiger partial charge in [0.15, 0.2) is 22.5 Å². The minimum atomic E-state index is -0.335. The van der Waals surface area contributed by atoms with Crippen molar-refractivity contribution in [3.63, 3.8) is 0 Å². The third-order valence-corrected chi connectivity index (χ3v) is 5.44. The first-order valence-corrected chi connectivity index (χ1v) is 9.81. The predicted molar refractivity (Wildman–Crippen MR) is 105 cm³/mol. The van der Waals surface area contributed by atoms with E-state index in [0.29, 0.717) is 5.56 Å². The van der Waals surface area contributed by atoms with E-state index in [4.69, 9.17) is 14.2 Å².